The Labute approximate surface area is 95.1 Å². The predicted octanol–water partition coefficient (Wildman–Crippen LogP) is 1.54. The Hall–Kier alpha value is -1.64. The van der Waals surface area contributed by atoms with Crippen molar-refractivity contribution in [2.75, 3.05) is 6.54 Å². The summed E-state index contributed by atoms with van der Waals surface area (Å²) in [5.74, 6) is -0.642. The molecule has 3 unspecified atom stereocenters. The minimum absolute atomic E-state index is 0.0428. The molecule has 0 N–H and O–H groups in total. The molecular weight excluding hydrogens is 202 g/mol. The third-order valence-corrected chi connectivity index (χ3v) is 3.37. The number of allylic oxidation sites excluding steroid dienone is 2. The number of imide groups is 1. The molecule has 0 aromatic heterocycles. The van der Waals surface area contributed by atoms with E-state index in [9.17, 15) is 9.59 Å². The van der Waals surface area contributed by atoms with Crippen LogP contribution < -0.4 is 0 Å². The maximum atomic E-state index is 12.0. The highest BCUT2D eigenvalue weighted by atomic mass is 16.2. The van der Waals surface area contributed by atoms with Gasteiger partial charge in [-0.15, -0.1) is 6.58 Å². The van der Waals surface area contributed by atoms with Crippen molar-refractivity contribution >= 4 is 11.8 Å². The average Bonchev–Trinajstić information content (AvgIpc) is 2.47. The van der Waals surface area contributed by atoms with Gasteiger partial charge in [0.15, 0.2) is 0 Å². The Morgan fingerprint density at radius 1 is 1.38 bits per heavy atom. The molecule has 2 fully saturated rings. The van der Waals surface area contributed by atoms with E-state index in [4.69, 9.17) is 0 Å². The maximum absolute atomic E-state index is 12.0. The smallest absolute Gasteiger partial charge is 0.237 e. The van der Waals surface area contributed by atoms with Crippen molar-refractivity contribution < 1.29 is 9.59 Å². The maximum Gasteiger partial charge on any atom is 0.237 e. The van der Waals surface area contributed by atoms with Crippen LogP contribution >= 0.6 is 0 Å². The van der Waals surface area contributed by atoms with Gasteiger partial charge in [-0.2, -0.15) is 0 Å². The Balaban J connectivity index is 2.26. The third-order valence-electron chi connectivity index (χ3n) is 3.37. The number of amides is 2. The minimum atomic E-state index is -0.284. The highest BCUT2D eigenvalue weighted by Gasteiger charge is 2.59. The standard InChI is InChI=1S/C13H15NO2/c1-4-6-9-8(3)10-11(9)13(16)14(7-5-2)12(10)15/h4-6,9-11H,2-3,7H2,1H3/b6-4-. The van der Waals surface area contributed by atoms with Crippen LogP contribution in [-0.2, 0) is 9.59 Å². The highest BCUT2D eigenvalue weighted by molar-refractivity contribution is 6.09. The second kappa shape index (κ2) is 3.74. The van der Waals surface area contributed by atoms with Crippen molar-refractivity contribution in [1.82, 2.24) is 4.90 Å². The van der Waals surface area contributed by atoms with Gasteiger partial charge < -0.3 is 0 Å². The Morgan fingerprint density at radius 2 is 2.06 bits per heavy atom. The van der Waals surface area contributed by atoms with Gasteiger partial charge in [-0.25, -0.2) is 0 Å². The molecule has 0 aromatic carbocycles. The second-order valence-electron chi connectivity index (χ2n) is 4.21. The van der Waals surface area contributed by atoms with Gasteiger partial charge in [0, 0.05) is 12.5 Å². The zero-order valence-electron chi connectivity index (χ0n) is 9.35. The van der Waals surface area contributed by atoms with Crippen molar-refractivity contribution in [2.24, 2.45) is 17.8 Å². The van der Waals surface area contributed by atoms with Gasteiger partial charge in [-0.3, -0.25) is 14.5 Å². The molecule has 84 valence electrons. The van der Waals surface area contributed by atoms with Crippen LogP contribution in [0.1, 0.15) is 6.92 Å². The first kappa shape index (κ1) is 10.9. The zero-order chi connectivity index (χ0) is 11.9. The van der Waals surface area contributed by atoms with E-state index in [1.807, 2.05) is 19.1 Å². The summed E-state index contributed by atoms with van der Waals surface area (Å²) in [6.07, 6.45) is 5.43. The van der Waals surface area contributed by atoms with Gasteiger partial charge in [0.1, 0.15) is 0 Å². The van der Waals surface area contributed by atoms with E-state index in [1.54, 1.807) is 6.08 Å². The number of rotatable bonds is 3. The fraction of sp³-hybridized carbons (Fsp3) is 0.385. The summed E-state index contributed by atoms with van der Waals surface area (Å²) < 4.78 is 0. The van der Waals surface area contributed by atoms with Gasteiger partial charge in [-0.05, 0) is 6.92 Å². The summed E-state index contributed by atoms with van der Waals surface area (Å²) in [7, 11) is 0. The molecule has 0 spiro atoms. The van der Waals surface area contributed by atoms with Gasteiger partial charge in [-0.1, -0.05) is 30.4 Å². The number of likely N-dealkylation sites (tertiary alicyclic amines) is 1. The van der Waals surface area contributed by atoms with Crippen LogP contribution in [0, 0.1) is 17.8 Å². The van der Waals surface area contributed by atoms with Crippen LogP contribution in [0.25, 0.3) is 0 Å². The molecule has 0 radical (unpaired) electrons. The number of nitrogens with zero attached hydrogens (tertiary/aromatic N) is 1. The lowest BCUT2D eigenvalue weighted by atomic mass is 9.62. The first-order valence-corrected chi connectivity index (χ1v) is 5.41. The summed E-state index contributed by atoms with van der Waals surface area (Å²) in [6, 6.07) is 0. The van der Waals surface area contributed by atoms with E-state index in [0.29, 0.717) is 6.54 Å². The first-order chi connectivity index (χ1) is 7.63. The molecule has 2 aliphatic rings. The zero-order valence-corrected chi connectivity index (χ0v) is 9.35. The van der Waals surface area contributed by atoms with Gasteiger partial charge >= 0.3 is 0 Å². The second-order valence-corrected chi connectivity index (χ2v) is 4.21. The number of carbonyl (C=O) groups excluding carboxylic acids is 2. The fourth-order valence-electron chi connectivity index (χ4n) is 2.58. The Bertz CT molecular complexity index is 408. The molecule has 1 aliphatic carbocycles. The summed E-state index contributed by atoms with van der Waals surface area (Å²) in [4.78, 5) is 25.2. The molecule has 0 aromatic rings. The molecule has 1 aliphatic heterocycles. The normalized spacial score (nSPS) is 33.2. The van der Waals surface area contributed by atoms with Crippen LogP contribution in [-0.4, -0.2) is 23.3 Å². The topological polar surface area (TPSA) is 37.4 Å². The SMILES string of the molecule is C=CCN1C(=O)C2C(=C)C(/C=C\C)C2C1=O. The average molecular weight is 217 g/mol. The molecule has 3 nitrogen and oxygen atoms in total. The van der Waals surface area contributed by atoms with Crippen LogP contribution in [0.2, 0.25) is 0 Å². The molecular formula is C13H15NO2. The third kappa shape index (κ3) is 1.21. The van der Waals surface area contributed by atoms with Crippen LogP contribution in [0.15, 0.2) is 37.0 Å². The fourth-order valence-corrected chi connectivity index (χ4v) is 2.58. The van der Waals surface area contributed by atoms with Crippen molar-refractivity contribution in [1.29, 1.82) is 0 Å². The first-order valence-electron chi connectivity index (χ1n) is 5.41. The minimum Gasteiger partial charge on any atom is -0.278 e. The van der Waals surface area contributed by atoms with E-state index >= 15 is 0 Å². The number of fused-ring (bicyclic) bond motifs is 1. The summed E-state index contributed by atoms with van der Waals surface area (Å²) >= 11 is 0. The monoisotopic (exact) mass is 217 g/mol. The predicted molar refractivity (Wildman–Crippen MR) is 61.3 cm³/mol. The van der Waals surface area contributed by atoms with E-state index in [2.05, 4.69) is 13.2 Å². The van der Waals surface area contributed by atoms with E-state index in [0.717, 1.165) is 5.57 Å². The number of hydrogen-bond acceptors (Lipinski definition) is 2. The van der Waals surface area contributed by atoms with Crippen molar-refractivity contribution in [3.05, 3.63) is 37.0 Å². The van der Waals surface area contributed by atoms with Crippen LogP contribution in [0.4, 0.5) is 0 Å². The molecule has 1 heterocycles. The number of hydrogen-bond donors (Lipinski definition) is 0. The lowest BCUT2D eigenvalue weighted by Crippen LogP contribution is -2.40. The lowest BCUT2D eigenvalue weighted by Gasteiger charge is -2.37. The molecule has 2 amide bonds. The molecule has 3 heteroatoms. The Morgan fingerprint density at radius 3 is 2.62 bits per heavy atom. The van der Waals surface area contributed by atoms with Crippen molar-refractivity contribution in [3.8, 4) is 0 Å². The molecule has 3 atom stereocenters. The molecule has 16 heavy (non-hydrogen) atoms. The van der Waals surface area contributed by atoms with E-state index < -0.39 is 0 Å². The summed E-state index contributed by atoms with van der Waals surface area (Å²) in [5.41, 5.74) is 0.869. The van der Waals surface area contributed by atoms with Gasteiger partial charge in [0.2, 0.25) is 11.8 Å². The molecule has 2 rings (SSSR count). The highest BCUT2D eigenvalue weighted by Crippen LogP contribution is 2.51. The van der Waals surface area contributed by atoms with E-state index in [-0.39, 0.29) is 29.6 Å². The summed E-state index contributed by atoms with van der Waals surface area (Å²) in [6.45, 7) is 9.67. The quantitative estimate of drug-likeness (QED) is 0.531. The lowest BCUT2D eigenvalue weighted by molar-refractivity contribution is -0.138. The molecule has 1 saturated carbocycles. The van der Waals surface area contributed by atoms with E-state index in [1.165, 1.54) is 4.90 Å². The van der Waals surface area contributed by atoms with Gasteiger partial charge in [0.25, 0.3) is 0 Å². The van der Waals surface area contributed by atoms with Crippen LogP contribution in [0.3, 0.4) is 0 Å². The summed E-state index contributed by atoms with van der Waals surface area (Å²) in [5, 5.41) is 0. The molecule has 0 bridgehead atoms. The van der Waals surface area contributed by atoms with Gasteiger partial charge in [0.05, 0.1) is 11.8 Å². The van der Waals surface area contributed by atoms with Crippen LogP contribution in [0.5, 0.6) is 0 Å². The van der Waals surface area contributed by atoms with Crippen molar-refractivity contribution in [3.63, 3.8) is 0 Å². The molecule has 1 saturated heterocycles. The largest absolute Gasteiger partial charge is 0.278 e. The Kier molecular flexibility index (Phi) is 2.54. The number of carbonyl (C=O) groups is 2. The van der Waals surface area contributed by atoms with Crippen molar-refractivity contribution in [2.45, 2.75) is 6.92 Å².